The molecule has 0 radical (unpaired) electrons. The molecule has 1 aliphatic carbocycles. The minimum Gasteiger partial charge on any atom is -0.426 e. The maximum atomic E-state index is 14.5. The quantitative estimate of drug-likeness (QED) is 0.151. The summed E-state index contributed by atoms with van der Waals surface area (Å²) < 4.78 is 106. The topological polar surface area (TPSA) is 44.2 Å². The molecule has 4 nitrogen and oxygen atoms in total. The van der Waals surface area contributed by atoms with Gasteiger partial charge in [-0.15, -0.1) is 0 Å². The molecule has 0 aliphatic heterocycles. The Morgan fingerprint density at radius 3 is 2.09 bits per heavy atom. The van der Waals surface area contributed by atoms with Crippen LogP contribution in [-0.4, -0.2) is 16.1 Å². The van der Waals surface area contributed by atoms with Gasteiger partial charge < -0.3 is 9.47 Å². The van der Waals surface area contributed by atoms with E-state index in [1.165, 1.54) is 6.08 Å². The zero-order valence-corrected chi connectivity index (χ0v) is 18.3. The summed E-state index contributed by atoms with van der Waals surface area (Å²) in [6.45, 7) is 2.09. The molecule has 0 fully saturated rings. The van der Waals surface area contributed by atoms with Crippen LogP contribution in [0.25, 0.3) is 0 Å². The van der Waals surface area contributed by atoms with Crippen LogP contribution in [-0.2, 0) is 6.11 Å². The molecule has 2 aromatic rings. The van der Waals surface area contributed by atoms with Crippen LogP contribution in [0.4, 0.5) is 30.7 Å². The van der Waals surface area contributed by atoms with Gasteiger partial charge in [-0.3, -0.25) is 0 Å². The first-order valence-electron chi connectivity index (χ1n) is 10.8. The number of nitrogens with zero attached hydrogens (tertiary/aromatic N) is 2. The number of halogens is 7. The Balaban J connectivity index is 1.63. The largest absolute Gasteiger partial charge is 0.462 e. The Morgan fingerprint density at radius 2 is 1.53 bits per heavy atom. The summed E-state index contributed by atoms with van der Waals surface area (Å²) in [7, 11) is 0. The van der Waals surface area contributed by atoms with Gasteiger partial charge in [0.2, 0.25) is 5.82 Å². The van der Waals surface area contributed by atoms with Crippen LogP contribution in [0.1, 0.15) is 57.7 Å². The normalized spacial score (nSPS) is 16.8. The molecule has 1 aromatic heterocycles. The number of hydrogen-bond donors (Lipinski definition) is 0. The second kappa shape index (κ2) is 10.6. The Morgan fingerprint density at radius 1 is 0.912 bits per heavy atom. The average molecular weight is 492 g/mol. The highest BCUT2D eigenvalue weighted by Gasteiger charge is 2.41. The van der Waals surface area contributed by atoms with E-state index >= 15 is 0 Å². The zero-order chi connectivity index (χ0) is 24.9. The summed E-state index contributed by atoms with van der Waals surface area (Å²) in [6, 6.07) is 0.438. The first-order chi connectivity index (χ1) is 16.0. The lowest BCUT2D eigenvalue weighted by molar-refractivity contribution is -0.192. The Labute approximate surface area is 191 Å². The fourth-order valence-corrected chi connectivity index (χ4v) is 3.62. The Kier molecular flexibility index (Phi) is 8.04. The van der Waals surface area contributed by atoms with Crippen LogP contribution in [0.2, 0.25) is 0 Å². The molecule has 1 aliphatic rings. The number of benzene rings is 1. The highest BCUT2D eigenvalue weighted by molar-refractivity contribution is 5.26. The lowest BCUT2D eigenvalue weighted by Crippen LogP contribution is -2.30. The molecule has 1 unspecified atom stereocenters. The molecule has 0 saturated carbocycles. The van der Waals surface area contributed by atoms with Crippen molar-refractivity contribution >= 4 is 0 Å². The third-order valence-electron chi connectivity index (χ3n) is 5.45. The predicted molar refractivity (Wildman–Crippen MR) is 108 cm³/mol. The van der Waals surface area contributed by atoms with Gasteiger partial charge in [0.25, 0.3) is 0 Å². The molecule has 0 amide bonds. The van der Waals surface area contributed by atoms with E-state index in [1.54, 1.807) is 0 Å². The second-order valence-electron chi connectivity index (χ2n) is 8.05. The summed E-state index contributed by atoms with van der Waals surface area (Å²) in [4.78, 5) is 6.53. The van der Waals surface area contributed by atoms with Crippen molar-refractivity contribution in [3.63, 3.8) is 0 Å². The summed E-state index contributed by atoms with van der Waals surface area (Å²) >= 11 is 0. The molecule has 11 heteroatoms. The lowest BCUT2D eigenvalue weighted by Gasteiger charge is -2.27. The van der Waals surface area contributed by atoms with Gasteiger partial charge in [0, 0.05) is 17.7 Å². The highest BCUT2D eigenvalue weighted by atomic mass is 19.3. The first-order valence-corrected chi connectivity index (χ1v) is 10.8. The third-order valence-corrected chi connectivity index (χ3v) is 5.45. The molecule has 186 valence electrons. The van der Waals surface area contributed by atoms with Gasteiger partial charge in [0.05, 0.1) is 12.4 Å². The molecular formula is C23H23F7N2O2. The van der Waals surface area contributed by atoms with Crippen molar-refractivity contribution in [1.82, 2.24) is 9.97 Å². The molecule has 3 rings (SSSR count). The smallest absolute Gasteiger partial charge is 0.426 e. The van der Waals surface area contributed by atoms with Crippen LogP contribution in [0.3, 0.4) is 0 Å². The molecule has 0 bridgehead atoms. The molecule has 34 heavy (non-hydrogen) atoms. The van der Waals surface area contributed by atoms with Gasteiger partial charge in [-0.05, 0) is 25.2 Å². The summed E-state index contributed by atoms with van der Waals surface area (Å²) in [6.07, 6.45) is 0.209. The van der Waals surface area contributed by atoms with Crippen LogP contribution in [0, 0.1) is 23.4 Å². The van der Waals surface area contributed by atoms with Crippen molar-refractivity contribution < 1.29 is 40.2 Å². The minimum atomic E-state index is -4.30. The van der Waals surface area contributed by atoms with Gasteiger partial charge in [0.15, 0.2) is 23.2 Å². The third kappa shape index (κ3) is 6.38. The summed E-state index contributed by atoms with van der Waals surface area (Å²) in [5.41, 5.74) is -0.197. The molecular weight excluding hydrogens is 469 g/mol. The number of aromatic nitrogens is 2. The zero-order valence-electron chi connectivity index (χ0n) is 18.3. The van der Waals surface area contributed by atoms with Crippen molar-refractivity contribution in [3.8, 4) is 11.5 Å². The van der Waals surface area contributed by atoms with Crippen LogP contribution in [0.15, 0.2) is 36.2 Å². The van der Waals surface area contributed by atoms with Crippen molar-refractivity contribution in [1.29, 1.82) is 0 Å². The van der Waals surface area contributed by atoms with E-state index in [-0.39, 0.29) is 24.1 Å². The van der Waals surface area contributed by atoms with Gasteiger partial charge in [-0.2, -0.15) is 17.6 Å². The van der Waals surface area contributed by atoms with Gasteiger partial charge in [-0.25, -0.2) is 23.1 Å². The summed E-state index contributed by atoms with van der Waals surface area (Å²) in [5, 5.41) is 0. The van der Waals surface area contributed by atoms with Gasteiger partial charge in [-0.1, -0.05) is 38.7 Å². The SMILES string of the molecule is CCCCCC1CC=C(C(F)(F)Oc2cnc(C(F)(F)Oc3cc(F)c(F)c(F)c3)nc2)CC1. The molecule has 1 aromatic carbocycles. The van der Waals surface area contributed by atoms with E-state index in [1.807, 2.05) is 0 Å². The summed E-state index contributed by atoms with van der Waals surface area (Å²) in [5.74, 6) is -7.83. The van der Waals surface area contributed by atoms with Crippen LogP contribution >= 0.6 is 0 Å². The van der Waals surface area contributed by atoms with Crippen molar-refractivity contribution in [2.45, 2.75) is 64.1 Å². The van der Waals surface area contributed by atoms with Crippen molar-refractivity contribution in [2.75, 3.05) is 0 Å². The lowest BCUT2D eigenvalue weighted by atomic mass is 9.85. The number of hydrogen-bond acceptors (Lipinski definition) is 4. The molecule has 1 atom stereocenters. The fraction of sp³-hybridized carbons (Fsp3) is 0.478. The fourth-order valence-electron chi connectivity index (χ4n) is 3.62. The molecule has 0 spiro atoms. The van der Waals surface area contributed by atoms with Gasteiger partial charge in [0.1, 0.15) is 5.75 Å². The van der Waals surface area contributed by atoms with E-state index in [0.717, 1.165) is 25.7 Å². The van der Waals surface area contributed by atoms with Crippen molar-refractivity contribution in [3.05, 3.63) is 59.5 Å². The first kappa shape index (κ1) is 25.8. The number of ether oxygens (including phenoxy) is 2. The number of rotatable bonds is 10. The van der Waals surface area contributed by atoms with Crippen molar-refractivity contribution in [2.24, 2.45) is 5.92 Å². The van der Waals surface area contributed by atoms with Crippen LogP contribution < -0.4 is 9.47 Å². The maximum absolute atomic E-state index is 14.5. The maximum Gasteiger partial charge on any atom is 0.462 e. The van der Waals surface area contributed by atoms with Gasteiger partial charge >= 0.3 is 12.2 Å². The van der Waals surface area contributed by atoms with E-state index in [0.29, 0.717) is 31.2 Å². The van der Waals surface area contributed by atoms with E-state index < -0.39 is 47.0 Å². The monoisotopic (exact) mass is 492 g/mol. The number of allylic oxidation sites excluding steroid dienone is 1. The number of unbranched alkanes of at least 4 members (excludes halogenated alkanes) is 2. The predicted octanol–water partition coefficient (Wildman–Crippen LogP) is 7.30. The standard InChI is InChI=1S/C23H23F7N2O2/c1-2-3-4-5-14-6-8-15(9-7-14)22(27,28)34-17-12-31-21(32-13-17)23(29,30)33-16-10-18(24)20(26)19(25)11-16/h8,10-14H,2-7,9H2,1H3. The molecule has 0 saturated heterocycles. The second-order valence-corrected chi connectivity index (χ2v) is 8.05. The number of alkyl halides is 4. The Hall–Kier alpha value is -2.85. The van der Waals surface area contributed by atoms with Crippen LogP contribution in [0.5, 0.6) is 11.5 Å². The Bertz CT molecular complexity index is 990. The van der Waals surface area contributed by atoms with E-state index in [2.05, 4.69) is 26.4 Å². The highest BCUT2D eigenvalue weighted by Crippen LogP contribution is 2.37. The van der Waals surface area contributed by atoms with E-state index in [4.69, 9.17) is 0 Å². The molecule has 1 heterocycles. The molecule has 0 N–H and O–H groups in total. The average Bonchev–Trinajstić information content (AvgIpc) is 2.78. The minimum absolute atomic E-state index is 0.152. The van der Waals surface area contributed by atoms with E-state index in [9.17, 15) is 30.7 Å².